The number of imidazole rings is 1. The molecule has 140 valence electrons. The maximum absolute atomic E-state index is 12.5. The van der Waals surface area contributed by atoms with Gasteiger partial charge in [0.2, 0.25) is 5.91 Å². The largest absolute Gasteiger partial charge is 0.337 e. The van der Waals surface area contributed by atoms with Crippen LogP contribution in [-0.4, -0.2) is 52.3 Å². The predicted octanol–water partition coefficient (Wildman–Crippen LogP) is 1.63. The van der Waals surface area contributed by atoms with Crippen molar-refractivity contribution in [2.45, 2.75) is 13.0 Å². The number of amides is 1. The maximum Gasteiger partial charge on any atom is 0.238 e. The summed E-state index contributed by atoms with van der Waals surface area (Å²) in [5.74, 6) is 0.739. The number of hydrogen-bond acceptors (Lipinski definition) is 5. The standard InChI is InChI=1S/C18H23N5O2.ClH/c1-13(24)14-5-3-4-6-15(14)21-17(25)12-23-10-7-19-11-16(23)18-20-8-9-22(18)2;/h3-6,8-9,16,19H,7,10-12H2,1-2H3,(H,21,25);1H. The van der Waals surface area contributed by atoms with Crippen molar-refractivity contribution in [3.63, 3.8) is 0 Å². The summed E-state index contributed by atoms with van der Waals surface area (Å²) in [6.45, 7) is 4.10. The Morgan fingerprint density at radius 1 is 1.35 bits per heavy atom. The van der Waals surface area contributed by atoms with E-state index in [-0.39, 0.29) is 36.7 Å². The highest BCUT2D eigenvalue weighted by Crippen LogP contribution is 2.21. The van der Waals surface area contributed by atoms with Crippen LogP contribution in [0.2, 0.25) is 0 Å². The Labute approximate surface area is 159 Å². The van der Waals surface area contributed by atoms with E-state index in [1.165, 1.54) is 6.92 Å². The lowest BCUT2D eigenvalue weighted by Crippen LogP contribution is -2.49. The first-order valence-electron chi connectivity index (χ1n) is 8.38. The van der Waals surface area contributed by atoms with E-state index in [0.29, 0.717) is 11.3 Å². The minimum Gasteiger partial charge on any atom is -0.337 e. The number of hydrogen-bond donors (Lipinski definition) is 2. The maximum atomic E-state index is 12.5. The van der Waals surface area contributed by atoms with Crippen molar-refractivity contribution < 1.29 is 9.59 Å². The Hall–Kier alpha value is -2.22. The number of anilines is 1. The van der Waals surface area contributed by atoms with E-state index in [9.17, 15) is 9.59 Å². The molecule has 1 amide bonds. The SMILES string of the molecule is CC(=O)c1ccccc1NC(=O)CN1CCNCC1c1nccn1C.Cl. The number of halogens is 1. The van der Waals surface area contributed by atoms with Crippen molar-refractivity contribution in [1.82, 2.24) is 19.8 Å². The zero-order chi connectivity index (χ0) is 17.8. The van der Waals surface area contributed by atoms with E-state index >= 15 is 0 Å². The Bertz CT molecular complexity index is 776. The molecular weight excluding hydrogens is 354 g/mol. The third kappa shape index (κ3) is 4.49. The molecule has 0 saturated carbocycles. The van der Waals surface area contributed by atoms with Gasteiger partial charge in [-0.1, -0.05) is 12.1 Å². The lowest BCUT2D eigenvalue weighted by atomic mass is 10.1. The average Bonchev–Trinajstić information content (AvgIpc) is 3.01. The van der Waals surface area contributed by atoms with Crippen LogP contribution in [0.1, 0.15) is 29.1 Å². The second kappa shape index (κ2) is 8.93. The highest BCUT2D eigenvalue weighted by atomic mass is 35.5. The van der Waals surface area contributed by atoms with Crippen LogP contribution >= 0.6 is 12.4 Å². The van der Waals surface area contributed by atoms with Crippen LogP contribution in [0.15, 0.2) is 36.7 Å². The number of piperazine rings is 1. The molecule has 1 aromatic heterocycles. The van der Waals surface area contributed by atoms with Crippen molar-refractivity contribution in [3.8, 4) is 0 Å². The molecule has 1 atom stereocenters. The molecule has 1 fully saturated rings. The summed E-state index contributed by atoms with van der Waals surface area (Å²) in [5.41, 5.74) is 1.08. The number of nitrogens with one attached hydrogen (secondary N) is 2. The summed E-state index contributed by atoms with van der Waals surface area (Å²) in [7, 11) is 1.96. The first-order chi connectivity index (χ1) is 12.1. The molecule has 0 aliphatic carbocycles. The van der Waals surface area contributed by atoms with Gasteiger partial charge < -0.3 is 15.2 Å². The smallest absolute Gasteiger partial charge is 0.238 e. The molecule has 0 spiro atoms. The Kier molecular flexibility index (Phi) is 6.90. The van der Waals surface area contributed by atoms with Gasteiger partial charge >= 0.3 is 0 Å². The van der Waals surface area contributed by atoms with E-state index in [1.54, 1.807) is 24.4 Å². The molecular formula is C18H24ClN5O2. The molecule has 1 unspecified atom stereocenters. The van der Waals surface area contributed by atoms with E-state index in [4.69, 9.17) is 0 Å². The zero-order valence-electron chi connectivity index (χ0n) is 14.9. The number of nitrogens with zero attached hydrogens (tertiary/aromatic N) is 3. The van der Waals surface area contributed by atoms with Gasteiger partial charge in [-0.2, -0.15) is 0 Å². The van der Waals surface area contributed by atoms with E-state index in [1.807, 2.05) is 23.9 Å². The molecule has 1 saturated heterocycles. The highest BCUT2D eigenvalue weighted by Gasteiger charge is 2.28. The number of para-hydroxylation sites is 1. The van der Waals surface area contributed by atoms with Crippen LogP contribution in [0.5, 0.6) is 0 Å². The minimum absolute atomic E-state index is 0. The fourth-order valence-electron chi connectivity index (χ4n) is 3.16. The van der Waals surface area contributed by atoms with Gasteiger partial charge in [-0.15, -0.1) is 12.4 Å². The summed E-state index contributed by atoms with van der Waals surface area (Å²) < 4.78 is 1.98. The number of carbonyl (C=O) groups excluding carboxylic acids is 2. The molecule has 0 radical (unpaired) electrons. The molecule has 0 bridgehead atoms. The van der Waals surface area contributed by atoms with Crippen LogP contribution in [0.3, 0.4) is 0 Å². The van der Waals surface area contributed by atoms with E-state index in [2.05, 4.69) is 20.5 Å². The van der Waals surface area contributed by atoms with Crippen molar-refractivity contribution in [3.05, 3.63) is 48.0 Å². The van der Waals surface area contributed by atoms with Crippen LogP contribution in [-0.2, 0) is 11.8 Å². The van der Waals surface area contributed by atoms with Crippen LogP contribution in [0.25, 0.3) is 0 Å². The van der Waals surface area contributed by atoms with Crippen LogP contribution in [0.4, 0.5) is 5.69 Å². The molecule has 26 heavy (non-hydrogen) atoms. The molecule has 2 heterocycles. The van der Waals surface area contributed by atoms with Crippen molar-refractivity contribution >= 4 is 29.8 Å². The number of Topliss-reactive ketones (excluding diaryl/α,β-unsaturated/α-hetero) is 1. The van der Waals surface area contributed by atoms with Crippen LogP contribution in [0, 0.1) is 0 Å². The summed E-state index contributed by atoms with van der Waals surface area (Å²) in [6.07, 6.45) is 3.68. The fraction of sp³-hybridized carbons (Fsp3) is 0.389. The Morgan fingerprint density at radius 2 is 2.12 bits per heavy atom. The quantitative estimate of drug-likeness (QED) is 0.774. The minimum atomic E-state index is -0.130. The third-order valence-electron chi connectivity index (χ3n) is 4.44. The third-order valence-corrected chi connectivity index (χ3v) is 4.44. The van der Waals surface area contributed by atoms with Crippen molar-refractivity contribution in [2.75, 3.05) is 31.5 Å². The first kappa shape index (κ1) is 20.1. The van der Waals surface area contributed by atoms with Gasteiger partial charge in [-0.25, -0.2) is 4.98 Å². The average molecular weight is 378 g/mol. The monoisotopic (exact) mass is 377 g/mol. The molecule has 1 aliphatic rings. The predicted molar refractivity (Wildman–Crippen MR) is 103 cm³/mol. The number of aromatic nitrogens is 2. The molecule has 3 rings (SSSR count). The summed E-state index contributed by atoms with van der Waals surface area (Å²) in [4.78, 5) is 30.8. The van der Waals surface area contributed by atoms with E-state index < -0.39 is 0 Å². The summed E-state index contributed by atoms with van der Waals surface area (Å²) in [6, 6.07) is 7.12. The van der Waals surface area contributed by atoms with Gasteiger partial charge in [-0.05, 0) is 19.1 Å². The zero-order valence-corrected chi connectivity index (χ0v) is 15.8. The summed E-state index contributed by atoms with van der Waals surface area (Å²) in [5, 5.41) is 6.23. The topological polar surface area (TPSA) is 79.3 Å². The number of carbonyl (C=O) groups is 2. The van der Waals surface area contributed by atoms with Crippen molar-refractivity contribution in [2.24, 2.45) is 7.05 Å². The lowest BCUT2D eigenvalue weighted by Gasteiger charge is -2.35. The molecule has 2 aromatic rings. The summed E-state index contributed by atoms with van der Waals surface area (Å²) >= 11 is 0. The second-order valence-corrected chi connectivity index (χ2v) is 6.24. The van der Waals surface area contributed by atoms with Gasteiger partial charge in [0.1, 0.15) is 5.82 Å². The molecule has 1 aromatic carbocycles. The van der Waals surface area contributed by atoms with E-state index in [0.717, 1.165) is 25.5 Å². The Balaban J connectivity index is 0.00000243. The van der Waals surface area contributed by atoms with Gasteiger partial charge in [0.25, 0.3) is 0 Å². The Morgan fingerprint density at radius 3 is 2.81 bits per heavy atom. The lowest BCUT2D eigenvalue weighted by molar-refractivity contribution is -0.118. The first-order valence-corrected chi connectivity index (χ1v) is 8.38. The van der Waals surface area contributed by atoms with Gasteiger partial charge in [0.05, 0.1) is 18.3 Å². The molecule has 8 heteroatoms. The van der Waals surface area contributed by atoms with Gasteiger partial charge in [-0.3, -0.25) is 14.5 Å². The second-order valence-electron chi connectivity index (χ2n) is 6.24. The molecule has 1 aliphatic heterocycles. The highest BCUT2D eigenvalue weighted by molar-refractivity contribution is 6.04. The van der Waals surface area contributed by atoms with Gasteiger partial charge in [0.15, 0.2) is 5.78 Å². The number of rotatable bonds is 5. The normalized spacial score (nSPS) is 17.4. The molecule has 7 nitrogen and oxygen atoms in total. The number of aryl methyl sites for hydroxylation is 1. The fourth-order valence-corrected chi connectivity index (χ4v) is 3.16. The van der Waals surface area contributed by atoms with Crippen LogP contribution < -0.4 is 10.6 Å². The molecule has 2 N–H and O–H groups in total. The van der Waals surface area contributed by atoms with Gasteiger partial charge in [0, 0.05) is 44.6 Å². The number of benzene rings is 1. The number of ketones is 1. The van der Waals surface area contributed by atoms with Crippen molar-refractivity contribution in [1.29, 1.82) is 0 Å².